The third-order valence-corrected chi connectivity index (χ3v) is 5.90. The summed E-state index contributed by atoms with van der Waals surface area (Å²) < 4.78 is 1.99. The lowest BCUT2D eigenvalue weighted by Crippen LogP contribution is -2.50. The molecular weight excluding hydrogens is 484 g/mol. The molecule has 1 aliphatic heterocycles. The van der Waals surface area contributed by atoms with E-state index >= 15 is 0 Å². The molecule has 9 heteroatoms. The van der Waals surface area contributed by atoms with Gasteiger partial charge in [0.15, 0.2) is 0 Å². The highest BCUT2D eigenvalue weighted by atomic mass is 79.9. The van der Waals surface area contributed by atoms with Crippen LogP contribution in [-0.4, -0.2) is 39.4 Å². The minimum Gasteiger partial charge on any atom is -0.348 e. The van der Waals surface area contributed by atoms with Gasteiger partial charge in [0.25, 0.3) is 11.5 Å². The first kappa shape index (κ1) is 21.5. The number of rotatable bonds is 5. The molecule has 0 unspecified atom stereocenters. The van der Waals surface area contributed by atoms with Gasteiger partial charge in [0.05, 0.1) is 0 Å². The molecule has 0 saturated carbocycles. The monoisotopic (exact) mass is 502 g/mol. The first-order chi connectivity index (χ1) is 14.8. The topological polar surface area (TPSA) is 84.3 Å². The zero-order valence-electron chi connectivity index (χ0n) is 16.8. The Morgan fingerprint density at radius 2 is 1.94 bits per heavy atom. The number of benzene rings is 1. The van der Waals surface area contributed by atoms with Crippen LogP contribution in [0.2, 0.25) is 5.02 Å². The number of nitrogens with one attached hydrogen (secondary N) is 1. The molecule has 1 saturated heterocycles. The van der Waals surface area contributed by atoms with Crippen LogP contribution in [-0.2, 0) is 17.9 Å². The van der Waals surface area contributed by atoms with Gasteiger partial charge in [0.1, 0.15) is 17.8 Å². The number of carbonyl (C=O) groups is 2. The highest BCUT2D eigenvalue weighted by Crippen LogP contribution is 2.19. The maximum Gasteiger partial charge on any atom is 0.265 e. The highest BCUT2D eigenvalue weighted by molar-refractivity contribution is 9.10. The number of pyridine rings is 2. The molecule has 0 spiro atoms. The molecule has 2 amide bonds. The summed E-state index contributed by atoms with van der Waals surface area (Å²) in [5, 5.41) is 3.96. The first-order valence-corrected chi connectivity index (χ1v) is 11.0. The van der Waals surface area contributed by atoms with E-state index in [1.54, 1.807) is 41.4 Å². The predicted octanol–water partition coefficient (Wildman–Crippen LogP) is 3.22. The van der Waals surface area contributed by atoms with Crippen molar-refractivity contribution in [2.45, 2.75) is 20.0 Å². The molecule has 31 heavy (non-hydrogen) atoms. The van der Waals surface area contributed by atoms with Crippen LogP contribution in [0, 0.1) is 5.92 Å². The molecule has 7 nitrogen and oxygen atoms in total. The van der Waals surface area contributed by atoms with E-state index in [1.807, 2.05) is 0 Å². The van der Waals surface area contributed by atoms with Crippen LogP contribution in [0.3, 0.4) is 0 Å². The second-order valence-corrected chi connectivity index (χ2v) is 9.08. The molecule has 1 N–H and O–H groups in total. The van der Waals surface area contributed by atoms with Crippen LogP contribution in [0.1, 0.15) is 22.8 Å². The molecule has 1 fully saturated rings. The van der Waals surface area contributed by atoms with E-state index in [0.717, 1.165) is 5.56 Å². The molecule has 2 aromatic heterocycles. The quantitative estimate of drug-likeness (QED) is 0.579. The summed E-state index contributed by atoms with van der Waals surface area (Å²) >= 11 is 9.26. The number of likely N-dealkylation sites (tertiary alicyclic amines) is 1. The van der Waals surface area contributed by atoms with E-state index < -0.39 is 11.5 Å². The van der Waals surface area contributed by atoms with Gasteiger partial charge in [-0.05, 0) is 51.7 Å². The van der Waals surface area contributed by atoms with Crippen molar-refractivity contribution < 1.29 is 9.59 Å². The molecule has 1 aromatic carbocycles. The average Bonchev–Trinajstić information content (AvgIpc) is 2.72. The van der Waals surface area contributed by atoms with Gasteiger partial charge in [-0.25, -0.2) is 4.98 Å². The summed E-state index contributed by atoms with van der Waals surface area (Å²) in [5.74, 6) is -0.220. The number of aromatic nitrogens is 2. The Bertz CT molecular complexity index is 1220. The number of hydrogen-bond donors (Lipinski definition) is 1. The Morgan fingerprint density at radius 1 is 1.23 bits per heavy atom. The third-order valence-electron chi connectivity index (χ3n) is 5.21. The highest BCUT2D eigenvalue weighted by Gasteiger charge is 2.28. The number of hydrogen-bond acceptors (Lipinski definition) is 4. The van der Waals surface area contributed by atoms with Crippen molar-refractivity contribution in [3.05, 3.63) is 73.6 Å². The predicted molar refractivity (Wildman–Crippen MR) is 122 cm³/mol. The first-order valence-electron chi connectivity index (χ1n) is 9.81. The number of fused-ring (bicyclic) bond motifs is 1. The Kier molecular flexibility index (Phi) is 6.11. The Labute approximate surface area is 192 Å². The van der Waals surface area contributed by atoms with Crippen molar-refractivity contribution in [1.82, 2.24) is 19.8 Å². The zero-order chi connectivity index (χ0) is 22.1. The maximum absolute atomic E-state index is 13.2. The van der Waals surface area contributed by atoms with E-state index in [-0.39, 0.29) is 24.6 Å². The lowest BCUT2D eigenvalue weighted by Gasteiger charge is -2.37. The molecule has 3 aromatic rings. The average molecular weight is 504 g/mol. The van der Waals surface area contributed by atoms with Crippen molar-refractivity contribution in [1.29, 1.82) is 0 Å². The van der Waals surface area contributed by atoms with Gasteiger partial charge in [-0.15, -0.1) is 0 Å². The number of carbonyl (C=O) groups excluding carboxylic acids is 2. The summed E-state index contributed by atoms with van der Waals surface area (Å²) in [6.45, 7) is 3.50. The molecule has 0 atom stereocenters. The number of halogens is 2. The van der Waals surface area contributed by atoms with E-state index in [0.29, 0.717) is 39.5 Å². The summed E-state index contributed by atoms with van der Waals surface area (Å²) in [7, 11) is 0. The Balaban J connectivity index is 1.65. The molecule has 0 radical (unpaired) electrons. The molecule has 4 rings (SSSR count). The van der Waals surface area contributed by atoms with Crippen LogP contribution in [0.4, 0.5) is 0 Å². The van der Waals surface area contributed by atoms with Crippen molar-refractivity contribution in [3.8, 4) is 0 Å². The third kappa shape index (κ3) is 4.65. The van der Waals surface area contributed by atoms with Gasteiger partial charge in [-0.3, -0.25) is 19.0 Å². The van der Waals surface area contributed by atoms with Gasteiger partial charge < -0.3 is 10.2 Å². The standard InChI is InChI=1S/C22H20BrClN4O3/c1-13-10-27(11-13)19(29)12-28-20-15(6-16(23)9-25-20)7-18(22(28)31)21(30)26-8-14-2-4-17(24)5-3-14/h2-7,9,13H,8,10-12H2,1H3,(H,26,30). The fourth-order valence-electron chi connectivity index (χ4n) is 3.57. The molecule has 3 heterocycles. The second-order valence-electron chi connectivity index (χ2n) is 7.73. The van der Waals surface area contributed by atoms with Crippen LogP contribution >= 0.6 is 27.5 Å². The van der Waals surface area contributed by atoms with Crippen LogP contribution < -0.4 is 10.9 Å². The van der Waals surface area contributed by atoms with Gasteiger partial charge in [-0.1, -0.05) is 30.7 Å². The normalized spacial score (nSPS) is 13.8. The van der Waals surface area contributed by atoms with Gasteiger partial charge in [-0.2, -0.15) is 0 Å². The van der Waals surface area contributed by atoms with Gasteiger partial charge >= 0.3 is 0 Å². The largest absolute Gasteiger partial charge is 0.348 e. The number of nitrogens with zero attached hydrogens (tertiary/aromatic N) is 3. The minimum atomic E-state index is -0.544. The van der Waals surface area contributed by atoms with Gasteiger partial charge in [0, 0.05) is 40.7 Å². The molecule has 0 aliphatic carbocycles. The summed E-state index contributed by atoms with van der Waals surface area (Å²) in [4.78, 5) is 44.7. The molecule has 1 aliphatic rings. The van der Waals surface area contributed by atoms with E-state index in [2.05, 4.69) is 33.2 Å². The minimum absolute atomic E-state index is 0.0360. The van der Waals surface area contributed by atoms with Crippen molar-refractivity contribution >= 4 is 50.4 Å². The lowest BCUT2D eigenvalue weighted by atomic mass is 10.0. The number of amides is 2. The van der Waals surface area contributed by atoms with Crippen LogP contribution in [0.5, 0.6) is 0 Å². The van der Waals surface area contributed by atoms with Crippen molar-refractivity contribution in [2.24, 2.45) is 5.92 Å². The van der Waals surface area contributed by atoms with Crippen LogP contribution in [0.25, 0.3) is 11.0 Å². The SMILES string of the molecule is CC1CN(C(=O)Cn2c(=O)c(C(=O)NCc3ccc(Cl)cc3)cc3cc(Br)cnc32)C1. The summed E-state index contributed by atoms with van der Waals surface area (Å²) in [6.07, 6.45) is 1.56. The van der Waals surface area contributed by atoms with Crippen LogP contribution in [0.15, 0.2) is 51.9 Å². The lowest BCUT2D eigenvalue weighted by molar-refractivity contribution is -0.137. The zero-order valence-corrected chi connectivity index (χ0v) is 19.1. The van der Waals surface area contributed by atoms with Crippen molar-refractivity contribution in [3.63, 3.8) is 0 Å². The van der Waals surface area contributed by atoms with Crippen molar-refractivity contribution in [2.75, 3.05) is 13.1 Å². The van der Waals surface area contributed by atoms with E-state index in [9.17, 15) is 14.4 Å². The summed E-state index contributed by atoms with van der Waals surface area (Å²) in [5.41, 5.74) is 0.638. The van der Waals surface area contributed by atoms with E-state index in [1.165, 1.54) is 10.6 Å². The molecule has 0 bridgehead atoms. The second kappa shape index (κ2) is 8.80. The Hall–Kier alpha value is -2.71. The smallest absolute Gasteiger partial charge is 0.265 e. The fraction of sp³-hybridized carbons (Fsp3) is 0.273. The van der Waals surface area contributed by atoms with Gasteiger partial charge in [0.2, 0.25) is 5.91 Å². The van der Waals surface area contributed by atoms with E-state index in [4.69, 9.17) is 11.6 Å². The maximum atomic E-state index is 13.2. The molecular formula is C22H20BrClN4O3. The summed E-state index contributed by atoms with van der Waals surface area (Å²) in [6, 6.07) is 10.4. The fourth-order valence-corrected chi connectivity index (χ4v) is 4.04. The Morgan fingerprint density at radius 3 is 2.61 bits per heavy atom. The molecule has 160 valence electrons.